The molecule has 0 saturated heterocycles. The van der Waals surface area contributed by atoms with Crippen LogP contribution in [0.3, 0.4) is 0 Å². The zero-order valence-corrected chi connectivity index (χ0v) is 23.4. The van der Waals surface area contributed by atoms with Crippen molar-refractivity contribution in [3.63, 3.8) is 0 Å². The van der Waals surface area contributed by atoms with Gasteiger partial charge in [0.25, 0.3) is 0 Å². The van der Waals surface area contributed by atoms with Crippen LogP contribution in [-0.2, 0) is 23.4 Å². The number of aryl methyl sites for hydroxylation is 2. The first kappa shape index (κ1) is 25.2. The normalized spacial score (nSPS) is 13.1. The van der Waals surface area contributed by atoms with E-state index in [1.54, 1.807) is 23.1 Å². The first-order chi connectivity index (χ1) is 18.7. The van der Waals surface area contributed by atoms with E-state index in [1.165, 1.54) is 40.6 Å². The molecule has 1 aliphatic rings. The first-order valence-electron chi connectivity index (χ1n) is 12.7. The number of rotatable bonds is 9. The summed E-state index contributed by atoms with van der Waals surface area (Å²) in [5, 5.41) is 14.8. The summed E-state index contributed by atoms with van der Waals surface area (Å²) in [4.78, 5) is 20.4. The van der Waals surface area contributed by atoms with Gasteiger partial charge in [0.1, 0.15) is 10.6 Å². The van der Waals surface area contributed by atoms with Crippen molar-refractivity contribution >= 4 is 62.3 Å². The predicted octanol–water partition coefficient (Wildman–Crippen LogP) is 6.64. The fourth-order valence-corrected chi connectivity index (χ4v) is 7.69. The number of carbonyl (C=O) groups excluding carboxylic acids is 1. The number of thiophene rings is 1. The molecule has 0 radical (unpaired) electrons. The van der Waals surface area contributed by atoms with Gasteiger partial charge >= 0.3 is 0 Å². The van der Waals surface area contributed by atoms with Crippen LogP contribution in [0.5, 0.6) is 5.75 Å². The van der Waals surface area contributed by atoms with Gasteiger partial charge in [-0.2, -0.15) is 0 Å². The molecule has 1 aliphatic carbocycles. The molecular weight excluding hydrogens is 535 g/mol. The molecule has 0 fully saturated rings. The van der Waals surface area contributed by atoms with Crippen LogP contribution in [0.2, 0.25) is 0 Å². The summed E-state index contributed by atoms with van der Waals surface area (Å²) < 4.78 is 7.53. The Labute approximate surface area is 233 Å². The molecule has 6 rings (SSSR count). The van der Waals surface area contributed by atoms with E-state index in [-0.39, 0.29) is 11.7 Å². The maximum Gasteiger partial charge on any atom is 0.234 e. The molecule has 1 amide bonds. The van der Waals surface area contributed by atoms with Crippen LogP contribution in [-0.4, -0.2) is 37.8 Å². The summed E-state index contributed by atoms with van der Waals surface area (Å²) in [5.74, 6) is 1.69. The van der Waals surface area contributed by atoms with Gasteiger partial charge in [-0.25, -0.2) is 9.38 Å². The van der Waals surface area contributed by atoms with E-state index in [0.717, 1.165) is 51.1 Å². The summed E-state index contributed by atoms with van der Waals surface area (Å²) in [7, 11) is 0. The van der Waals surface area contributed by atoms with Gasteiger partial charge in [-0.05, 0) is 68.0 Å². The van der Waals surface area contributed by atoms with Gasteiger partial charge in [0.2, 0.25) is 5.91 Å². The fraction of sp³-hybridized carbons (Fsp3) is 0.286. The third-order valence-corrected chi connectivity index (χ3v) is 9.51. The predicted molar refractivity (Wildman–Crippen MR) is 156 cm³/mol. The van der Waals surface area contributed by atoms with Gasteiger partial charge in [0, 0.05) is 16.3 Å². The number of aromatic nitrogens is 4. The minimum absolute atomic E-state index is 0.101. The molecule has 0 aliphatic heterocycles. The summed E-state index contributed by atoms with van der Waals surface area (Å²) in [5.41, 5.74) is 4.19. The van der Waals surface area contributed by atoms with Crippen molar-refractivity contribution in [2.45, 2.75) is 48.7 Å². The van der Waals surface area contributed by atoms with Crippen LogP contribution in [0.25, 0.3) is 15.9 Å². The maximum absolute atomic E-state index is 12.8. The number of ether oxygens (including phenoxy) is 1. The number of hydrogen-bond donors (Lipinski definition) is 1. The van der Waals surface area contributed by atoms with Crippen molar-refractivity contribution in [3.8, 4) is 5.75 Å². The average molecular weight is 562 g/mol. The summed E-state index contributed by atoms with van der Waals surface area (Å²) in [6.45, 7) is 2.55. The second kappa shape index (κ2) is 11.3. The topological polar surface area (TPSA) is 81.4 Å². The molecule has 0 atom stereocenters. The van der Waals surface area contributed by atoms with Gasteiger partial charge in [-0.3, -0.25) is 4.79 Å². The Bertz CT molecular complexity index is 1580. The lowest BCUT2D eigenvalue weighted by atomic mass is 9.97. The second-order valence-corrected chi connectivity index (χ2v) is 12.0. The van der Waals surface area contributed by atoms with Crippen molar-refractivity contribution in [1.82, 2.24) is 19.6 Å². The van der Waals surface area contributed by atoms with Gasteiger partial charge in [-0.1, -0.05) is 53.9 Å². The summed E-state index contributed by atoms with van der Waals surface area (Å²) >= 11 is 4.86. The summed E-state index contributed by atoms with van der Waals surface area (Å²) in [6.07, 6.45) is 4.58. The minimum atomic E-state index is -0.101. The molecule has 0 bridgehead atoms. The largest absolute Gasteiger partial charge is 0.494 e. The zero-order valence-electron chi connectivity index (χ0n) is 21.0. The Morgan fingerprint density at radius 1 is 1.03 bits per heavy atom. The third kappa shape index (κ3) is 5.25. The molecule has 0 saturated carbocycles. The number of fused-ring (bicyclic) bond motifs is 5. The van der Waals surface area contributed by atoms with Gasteiger partial charge in [0.15, 0.2) is 16.0 Å². The van der Waals surface area contributed by atoms with Crippen LogP contribution >= 0.6 is 34.9 Å². The number of benzene rings is 2. The molecule has 3 aromatic heterocycles. The minimum Gasteiger partial charge on any atom is -0.494 e. The summed E-state index contributed by atoms with van der Waals surface area (Å²) in [6, 6.07) is 17.8. The molecule has 10 heteroatoms. The van der Waals surface area contributed by atoms with Crippen LogP contribution in [0.4, 0.5) is 5.69 Å². The van der Waals surface area contributed by atoms with E-state index >= 15 is 0 Å². The SMILES string of the molecule is CCOc1ccc(NC(=O)CSc2nnc3c4c5c(sc4nc(SCc4ccccc4)n23)CCCC5)cc1. The van der Waals surface area contributed by atoms with Crippen LogP contribution in [0, 0.1) is 0 Å². The van der Waals surface area contributed by atoms with Gasteiger partial charge in [0.05, 0.1) is 17.7 Å². The Hall–Kier alpha value is -3.08. The highest BCUT2D eigenvalue weighted by atomic mass is 32.2. The van der Waals surface area contributed by atoms with Crippen LogP contribution < -0.4 is 10.1 Å². The van der Waals surface area contributed by atoms with Crippen molar-refractivity contribution in [3.05, 3.63) is 70.6 Å². The molecular formula is C28H27N5O2S3. The Morgan fingerprint density at radius 2 is 1.84 bits per heavy atom. The van der Waals surface area contributed by atoms with Crippen molar-refractivity contribution in [1.29, 1.82) is 0 Å². The highest BCUT2D eigenvalue weighted by Crippen LogP contribution is 2.40. The standard InChI is InChI=1S/C28H27N5O2S3/c1-2-35-20-14-12-19(13-15-20)29-23(34)17-37-28-32-31-25-24-21-10-6-7-11-22(21)38-26(24)30-27(33(25)28)36-16-18-8-4-3-5-9-18/h3-5,8-9,12-15H,2,6-7,10-11,16-17H2,1H3,(H,29,34). The molecule has 0 spiro atoms. The molecule has 3 heterocycles. The smallest absolute Gasteiger partial charge is 0.234 e. The molecule has 1 N–H and O–H groups in total. The average Bonchev–Trinajstić information content (AvgIpc) is 3.53. The maximum atomic E-state index is 12.8. The van der Waals surface area contributed by atoms with E-state index in [0.29, 0.717) is 11.8 Å². The lowest BCUT2D eigenvalue weighted by molar-refractivity contribution is -0.113. The number of carbonyl (C=O) groups is 1. The van der Waals surface area contributed by atoms with Crippen molar-refractivity contribution in [2.75, 3.05) is 17.7 Å². The molecule has 7 nitrogen and oxygen atoms in total. The first-order valence-corrected chi connectivity index (χ1v) is 15.5. The van der Waals surface area contributed by atoms with E-state index in [1.807, 2.05) is 41.7 Å². The molecule has 38 heavy (non-hydrogen) atoms. The molecule has 0 unspecified atom stereocenters. The second-order valence-electron chi connectivity index (χ2n) is 9.00. The lowest BCUT2D eigenvalue weighted by Gasteiger charge is -2.11. The van der Waals surface area contributed by atoms with E-state index < -0.39 is 0 Å². The van der Waals surface area contributed by atoms with Crippen molar-refractivity contribution < 1.29 is 9.53 Å². The third-order valence-electron chi connectivity index (χ3n) is 6.39. The highest BCUT2D eigenvalue weighted by Gasteiger charge is 2.24. The highest BCUT2D eigenvalue weighted by molar-refractivity contribution is 8.00. The number of amides is 1. The monoisotopic (exact) mass is 561 g/mol. The Balaban J connectivity index is 1.28. The van der Waals surface area contributed by atoms with E-state index in [2.05, 4.69) is 39.8 Å². The van der Waals surface area contributed by atoms with Crippen LogP contribution in [0.1, 0.15) is 35.8 Å². The lowest BCUT2D eigenvalue weighted by Crippen LogP contribution is -2.14. The van der Waals surface area contributed by atoms with Gasteiger partial charge in [-0.15, -0.1) is 21.5 Å². The number of anilines is 1. The number of hydrogen-bond acceptors (Lipinski definition) is 8. The molecule has 5 aromatic rings. The Morgan fingerprint density at radius 3 is 2.66 bits per heavy atom. The zero-order chi connectivity index (χ0) is 25.9. The quantitative estimate of drug-likeness (QED) is 0.160. The van der Waals surface area contributed by atoms with Gasteiger partial charge < -0.3 is 10.1 Å². The van der Waals surface area contributed by atoms with E-state index in [9.17, 15) is 4.79 Å². The Kier molecular flexibility index (Phi) is 7.53. The number of thioether (sulfide) groups is 2. The van der Waals surface area contributed by atoms with E-state index in [4.69, 9.17) is 9.72 Å². The van der Waals surface area contributed by atoms with Crippen molar-refractivity contribution in [2.24, 2.45) is 0 Å². The van der Waals surface area contributed by atoms with Crippen LogP contribution in [0.15, 0.2) is 64.9 Å². The fourth-order valence-electron chi connectivity index (χ4n) is 4.64. The number of nitrogens with zero attached hydrogens (tertiary/aromatic N) is 4. The molecule has 194 valence electrons. The number of nitrogens with one attached hydrogen (secondary N) is 1. The molecule has 2 aromatic carbocycles.